The van der Waals surface area contributed by atoms with Crippen LogP contribution in [0.2, 0.25) is 0 Å². The van der Waals surface area contributed by atoms with Crippen molar-refractivity contribution in [1.82, 2.24) is 0 Å². The Bertz CT molecular complexity index is 444. The third-order valence-corrected chi connectivity index (χ3v) is 3.15. The number of phenols is 1. The van der Waals surface area contributed by atoms with Crippen LogP contribution < -0.4 is 5.73 Å². The topological polar surface area (TPSA) is 71.0 Å². The van der Waals surface area contributed by atoms with Crippen molar-refractivity contribution in [2.24, 2.45) is 15.9 Å². The molecule has 0 saturated carbocycles. The van der Waals surface area contributed by atoms with Crippen LogP contribution in [0.15, 0.2) is 28.4 Å². The van der Waals surface area contributed by atoms with Gasteiger partial charge in [-0.3, -0.25) is 0 Å². The van der Waals surface area contributed by atoms with Crippen molar-refractivity contribution in [3.8, 4) is 5.75 Å². The summed E-state index contributed by atoms with van der Waals surface area (Å²) in [5, 5.41) is 17.8. The number of unbranched alkanes of at least 4 members (excludes halogenated alkanes) is 1. The fourth-order valence-corrected chi connectivity index (χ4v) is 2.02. The van der Waals surface area contributed by atoms with E-state index in [-0.39, 0.29) is 5.75 Å². The van der Waals surface area contributed by atoms with E-state index in [0.29, 0.717) is 10.7 Å². The zero-order valence-corrected chi connectivity index (χ0v) is 11.6. The highest BCUT2D eigenvalue weighted by molar-refractivity contribution is 8.13. The Morgan fingerprint density at radius 1 is 1.50 bits per heavy atom. The Hall–Kier alpha value is -1.49. The number of nitrogens with zero attached hydrogens (tertiary/aromatic N) is 2. The third-order valence-electron chi connectivity index (χ3n) is 2.28. The highest BCUT2D eigenvalue weighted by Crippen LogP contribution is 2.15. The summed E-state index contributed by atoms with van der Waals surface area (Å²) in [4.78, 5) is 0. The number of nitrogens with two attached hydrogens (primary N) is 1. The number of amidine groups is 1. The van der Waals surface area contributed by atoms with Crippen LogP contribution in [-0.2, 0) is 0 Å². The van der Waals surface area contributed by atoms with Gasteiger partial charge in [0.2, 0.25) is 0 Å². The summed E-state index contributed by atoms with van der Waals surface area (Å²) in [6.45, 7) is 4.08. The number of hydrogen-bond acceptors (Lipinski definition) is 4. The molecule has 0 heterocycles. The molecule has 1 rings (SSSR count). The smallest absolute Gasteiger partial charge is 0.180 e. The van der Waals surface area contributed by atoms with E-state index < -0.39 is 0 Å². The van der Waals surface area contributed by atoms with Crippen LogP contribution in [0.4, 0.5) is 0 Å². The third kappa shape index (κ3) is 5.23. The van der Waals surface area contributed by atoms with E-state index in [4.69, 9.17) is 5.73 Å². The fraction of sp³-hybridized carbons (Fsp3) is 0.385. The maximum Gasteiger partial charge on any atom is 0.180 e. The first-order valence-corrected chi connectivity index (χ1v) is 6.91. The Kier molecular flexibility index (Phi) is 6.28. The first kappa shape index (κ1) is 14.6. The number of rotatable bonds is 5. The molecule has 5 heteroatoms. The first-order valence-electron chi connectivity index (χ1n) is 5.92. The molecule has 0 bridgehead atoms. The number of phenolic OH excluding ortho intramolecular Hbond substituents is 1. The van der Waals surface area contributed by atoms with Crippen LogP contribution in [0.25, 0.3) is 0 Å². The molecule has 0 aromatic heterocycles. The second-order valence-corrected chi connectivity index (χ2v) is 5.06. The molecular weight excluding hydrogens is 246 g/mol. The predicted octanol–water partition coefficient (Wildman–Crippen LogP) is 2.88. The largest absolute Gasteiger partial charge is 0.507 e. The van der Waals surface area contributed by atoms with Crippen molar-refractivity contribution >= 4 is 23.1 Å². The van der Waals surface area contributed by atoms with Crippen molar-refractivity contribution in [3.05, 3.63) is 29.3 Å². The molecule has 1 aromatic rings. The van der Waals surface area contributed by atoms with Gasteiger partial charge in [0, 0.05) is 11.3 Å². The molecule has 0 atom stereocenters. The summed E-state index contributed by atoms with van der Waals surface area (Å²) in [5.74, 6) is 1.15. The number of hydrogen-bond donors (Lipinski definition) is 2. The number of thioether (sulfide) groups is 1. The molecule has 1 aromatic carbocycles. The fourth-order valence-electron chi connectivity index (χ4n) is 1.28. The zero-order chi connectivity index (χ0) is 13.4. The minimum absolute atomic E-state index is 0.191. The van der Waals surface area contributed by atoms with E-state index in [0.717, 1.165) is 24.2 Å². The molecule has 0 radical (unpaired) electrons. The van der Waals surface area contributed by atoms with Gasteiger partial charge in [0.1, 0.15) is 5.75 Å². The van der Waals surface area contributed by atoms with E-state index in [1.807, 2.05) is 19.1 Å². The van der Waals surface area contributed by atoms with Crippen LogP contribution in [0, 0.1) is 6.92 Å². The van der Waals surface area contributed by atoms with Gasteiger partial charge in [-0.15, -0.1) is 5.10 Å². The summed E-state index contributed by atoms with van der Waals surface area (Å²) in [6, 6.07) is 5.32. The minimum atomic E-state index is 0.191. The number of aryl methyl sites for hydroxylation is 1. The van der Waals surface area contributed by atoms with Gasteiger partial charge in [0.15, 0.2) is 5.17 Å². The molecule has 0 amide bonds. The van der Waals surface area contributed by atoms with Gasteiger partial charge in [0.25, 0.3) is 0 Å². The highest BCUT2D eigenvalue weighted by atomic mass is 32.2. The van der Waals surface area contributed by atoms with Gasteiger partial charge in [-0.25, -0.2) is 0 Å². The van der Waals surface area contributed by atoms with Gasteiger partial charge in [-0.05, 0) is 25.5 Å². The molecule has 0 aliphatic heterocycles. The summed E-state index contributed by atoms with van der Waals surface area (Å²) in [6.07, 6.45) is 3.76. The summed E-state index contributed by atoms with van der Waals surface area (Å²) in [5.41, 5.74) is 7.39. The van der Waals surface area contributed by atoms with Crippen LogP contribution in [-0.4, -0.2) is 22.2 Å². The Morgan fingerprint density at radius 3 is 3.00 bits per heavy atom. The van der Waals surface area contributed by atoms with Gasteiger partial charge in [-0.2, -0.15) is 5.10 Å². The number of benzene rings is 1. The maximum atomic E-state index is 9.60. The maximum absolute atomic E-state index is 9.60. The molecule has 4 nitrogen and oxygen atoms in total. The predicted molar refractivity (Wildman–Crippen MR) is 79.4 cm³/mol. The molecule has 0 spiro atoms. The number of aromatic hydroxyl groups is 1. The average molecular weight is 265 g/mol. The second kappa shape index (κ2) is 7.76. The van der Waals surface area contributed by atoms with Crippen LogP contribution in [0.3, 0.4) is 0 Å². The van der Waals surface area contributed by atoms with Gasteiger partial charge in [0.05, 0.1) is 6.21 Å². The molecule has 0 saturated heterocycles. The van der Waals surface area contributed by atoms with Gasteiger partial charge >= 0.3 is 0 Å². The SMILES string of the molecule is CCCCSC(N)=N/N=C/c1cc(C)ccc1O. The van der Waals surface area contributed by atoms with E-state index in [1.54, 1.807) is 6.07 Å². The van der Waals surface area contributed by atoms with Crippen LogP contribution in [0.5, 0.6) is 5.75 Å². The lowest BCUT2D eigenvalue weighted by Crippen LogP contribution is -2.06. The molecule has 0 fully saturated rings. The summed E-state index contributed by atoms with van der Waals surface area (Å²) in [7, 11) is 0. The summed E-state index contributed by atoms with van der Waals surface area (Å²) >= 11 is 1.49. The van der Waals surface area contributed by atoms with Crippen molar-refractivity contribution in [3.63, 3.8) is 0 Å². The summed E-state index contributed by atoms with van der Waals surface area (Å²) < 4.78 is 0. The quantitative estimate of drug-likeness (QED) is 0.372. The van der Waals surface area contributed by atoms with E-state index in [2.05, 4.69) is 17.1 Å². The van der Waals surface area contributed by atoms with Crippen LogP contribution in [0.1, 0.15) is 30.9 Å². The van der Waals surface area contributed by atoms with Crippen LogP contribution >= 0.6 is 11.8 Å². The van der Waals surface area contributed by atoms with Crippen molar-refractivity contribution in [1.29, 1.82) is 0 Å². The average Bonchev–Trinajstić information content (AvgIpc) is 2.34. The molecule has 0 aliphatic carbocycles. The molecular formula is C13H19N3OS. The lowest BCUT2D eigenvalue weighted by Gasteiger charge is -1.99. The molecule has 3 N–H and O–H groups in total. The monoisotopic (exact) mass is 265 g/mol. The van der Waals surface area contributed by atoms with E-state index >= 15 is 0 Å². The molecule has 18 heavy (non-hydrogen) atoms. The zero-order valence-electron chi connectivity index (χ0n) is 10.8. The van der Waals surface area contributed by atoms with E-state index in [1.165, 1.54) is 18.0 Å². The van der Waals surface area contributed by atoms with Crippen molar-refractivity contribution in [2.75, 3.05) is 5.75 Å². The van der Waals surface area contributed by atoms with Crippen molar-refractivity contribution < 1.29 is 5.11 Å². The molecule has 0 aliphatic rings. The Balaban J connectivity index is 2.58. The normalized spacial score (nSPS) is 12.2. The molecule has 0 unspecified atom stereocenters. The minimum Gasteiger partial charge on any atom is -0.507 e. The Labute approximate surface area is 112 Å². The lowest BCUT2D eigenvalue weighted by atomic mass is 10.1. The standard InChI is InChI=1S/C13H19N3OS/c1-3-4-7-18-13(14)16-15-9-11-8-10(2)5-6-12(11)17/h5-6,8-9,17H,3-4,7H2,1-2H3,(H2,14,16)/b15-9+. The molecule has 98 valence electrons. The van der Waals surface area contributed by atoms with Gasteiger partial charge < -0.3 is 10.8 Å². The van der Waals surface area contributed by atoms with Gasteiger partial charge in [-0.1, -0.05) is 36.7 Å². The van der Waals surface area contributed by atoms with E-state index in [9.17, 15) is 5.11 Å². The first-order chi connectivity index (χ1) is 8.63. The second-order valence-electron chi connectivity index (χ2n) is 3.95. The Morgan fingerprint density at radius 2 is 2.28 bits per heavy atom. The highest BCUT2D eigenvalue weighted by Gasteiger charge is 1.97. The van der Waals surface area contributed by atoms with Crippen molar-refractivity contribution in [2.45, 2.75) is 26.7 Å². The lowest BCUT2D eigenvalue weighted by molar-refractivity contribution is 0.474.